The van der Waals surface area contributed by atoms with Crippen molar-refractivity contribution >= 4 is 21.7 Å². The first kappa shape index (κ1) is 13.8. The van der Waals surface area contributed by atoms with E-state index in [-0.39, 0.29) is 11.4 Å². The van der Waals surface area contributed by atoms with Crippen LogP contribution in [0.3, 0.4) is 0 Å². The number of benzene rings is 1. The third kappa shape index (κ3) is 2.23. The topological polar surface area (TPSA) is 57.0 Å². The van der Waals surface area contributed by atoms with Crippen molar-refractivity contribution in [2.24, 2.45) is 7.05 Å². The summed E-state index contributed by atoms with van der Waals surface area (Å²) < 4.78 is 34.3. The molecule has 0 aliphatic heterocycles. The third-order valence-electron chi connectivity index (χ3n) is 3.17. The lowest BCUT2D eigenvalue weighted by molar-refractivity contribution is 0.542. The molecule has 2 heterocycles. The smallest absolute Gasteiger partial charge is 0.178 e. The van der Waals surface area contributed by atoms with Crippen LogP contribution in [-0.4, -0.2) is 9.78 Å². The van der Waals surface area contributed by atoms with Gasteiger partial charge in [0, 0.05) is 18.7 Å². The summed E-state index contributed by atoms with van der Waals surface area (Å²) >= 11 is 3.26. The zero-order valence-corrected chi connectivity index (χ0v) is 12.5. The molecule has 4 nitrogen and oxygen atoms in total. The van der Waals surface area contributed by atoms with Crippen molar-refractivity contribution < 1.29 is 13.2 Å². The number of halogens is 3. The fourth-order valence-corrected chi connectivity index (χ4v) is 2.57. The molecule has 0 aliphatic carbocycles. The lowest BCUT2D eigenvalue weighted by atomic mass is 10.0. The minimum absolute atomic E-state index is 0.185. The molecule has 0 amide bonds. The van der Waals surface area contributed by atoms with E-state index < -0.39 is 11.6 Å². The number of hydrogen-bond donors (Lipinski definition) is 1. The van der Waals surface area contributed by atoms with E-state index in [0.29, 0.717) is 21.5 Å². The highest BCUT2D eigenvalue weighted by atomic mass is 79.9. The Balaban J connectivity index is 2.30. The van der Waals surface area contributed by atoms with Gasteiger partial charge in [-0.2, -0.15) is 5.10 Å². The molecule has 0 saturated carbocycles. The fourth-order valence-electron chi connectivity index (χ4n) is 2.15. The van der Waals surface area contributed by atoms with Gasteiger partial charge in [0.2, 0.25) is 0 Å². The van der Waals surface area contributed by atoms with E-state index in [4.69, 9.17) is 10.2 Å². The van der Waals surface area contributed by atoms with Crippen molar-refractivity contribution in [3.8, 4) is 22.4 Å². The van der Waals surface area contributed by atoms with Crippen molar-refractivity contribution in [1.82, 2.24) is 9.78 Å². The van der Waals surface area contributed by atoms with Gasteiger partial charge in [-0.3, -0.25) is 4.68 Å². The van der Waals surface area contributed by atoms with Gasteiger partial charge in [-0.1, -0.05) is 0 Å². The first-order chi connectivity index (χ1) is 9.99. The highest BCUT2D eigenvalue weighted by molar-refractivity contribution is 9.10. The number of rotatable bonds is 2. The molecule has 7 heteroatoms. The molecule has 2 aromatic heterocycles. The maximum Gasteiger partial charge on any atom is 0.178 e. The van der Waals surface area contributed by atoms with Gasteiger partial charge >= 0.3 is 0 Å². The van der Waals surface area contributed by atoms with Crippen molar-refractivity contribution in [2.75, 3.05) is 5.73 Å². The Bertz CT molecular complexity index is 826. The van der Waals surface area contributed by atoms with E-state index in [1.165, 1.54) is 23.1 Å². The van der Waals surface area contributed by atoms with Gasteiger partial charge in [0.25, 0.3) is 0 Å². The molecule has 2 N–H and O–H groups in total. The van der Waals surface area contributed by atoms with Crippen LogP contribution in [0.2, 0.25) is 0 Å². The maximum absolute atomic E-state index is 14.1. The summed E-state index contributed by atoms with van der Waals surface area (Å²) in [6.07, 6.45) is 1.48. The van der Waals surface area contributed by atoms with Gasteiger partial charge in [0.05, 0.1) is 17.4 Å². The van der Waals surface area contributed by atoms with E-state index in [0.717, 1.165) is 6.07 Å². The average Bonchev–Trinajstić information content (AvgIpc) is 2.96. The average molecular weight is 354 g/mol. The second kappa shape index (κ2) is 5.00. The SMILES string of the molecule is Cn1nc(-c2ccoc2Br)c(-c2ccc(F)cc2F)c1N. The number of aryl methyl sites for hydroxylation is 1. The summed E-state index contributed by atoms with van der Waals surface area (Å²) in [7, 11) is 1.65. The Morgan fingerprint density at radius 1 is 1.24 bits per heavy atom. The van der Waals surface area contributed by atoms with Crippen LogP contribution in [0.25, 0.3) is 22.4 Å². The molecule has 0 saturated heterocycles. The Labute approximate surface area is 127 Å². The Morgan fingerprint density at radius 3 is 2.62 bits per heavy atom. The standard InChI is InChI=1S/C14H10BrF2N3O/c1-20-14(18)11(8-3-2-7(16)6-10(8)17)12(19-20)9-4-5-21-13(9)15/h2-6H,18H2,1H3. The van der Waals surface area contributed by atoms with Crippen LogP contribution >= 0.6 is 15.9 Å². The van der Waals surface area contributed by atoms with Crippen LogP contribution in [0.4, 0.5) is 14.6 Å². The normalized spacial score (nSPS) is 11.0. The predicted octanol–water partition coefficient (Wildman–Crippen LogP) is 3.97. The number of hydrogen-bond acceptors (Lipinski definition) is 3. The van der Waals surface area contributed by atoms with Gasteiger partial charge in [0.1, 0.15) is 23.1 Å². The number of anilines is 1. The number of nitrogens with two attached hydrogens (primary N) is 1. The molecular weight excluding hydrogens is 344 g/mol. The van der Waals surface area contributed by atoms with Gasteiger partial charge in [-0.05, 0) is 34.1 Å². The molecule has 0 radical (unpaired) electrons. The monoisotopic (exact) mass is 353 g/mol. The summed E-state index contributed by atoms with van der Waals surface area (Å²) in [5.74, 6) is -1.07. The molecule has 108 valence electrons. The Hall–Kier alpha value is -2.15. The molecule has 1 aromatic carbocycles. The molecule has 0 unspecified atom stereocenters. The van der Waals surface area contributed by atoms with E-state index >= 15 is 0 Å². The predicted molar refractivity (Wildman–Crippen MR) is 78.4 cm³/mol. The highest BCUT2D eigenvalue weighted by Crippen LogP contribution is 2.40. The molecule has 3 rings (SSSR count). The quantitative estimate of drug-likeness (QED) is 0.758. The summed E-state index contributed by atoms with van der Waals surface area (Å²) in [4.78, 5) is 0. The van der Waals surface area contributed by atoms with E-state index in [1.54, 1.807) is 13.1 Å². The first-order valence-electron chi connectivity index (χ1n) is 6.00. The zero-order chi connectivity index (χ0) is 15.1. The minimum Gasteiger partial charge on any atom is -0.457 e. The number of aromatic nitrogens is 2. The molecule has 0 atom stereocenters. The summed E-state index contributed by atoms with van der Waals surface area (Å²) in [5.41, 5.74) is 7.68. The van der Waals surface area contributed by atoms with Crippen molar-refractivity contribution in [2.45, 2.75) is 0 Å². The Kier molecular flexibility index (Phi) is 3.29. The van der Waals surface area contributed by atoms with Crippen LogP contribution in [0.5, 0.6) is 0 Å². The van der Waals surface area contributed by atoms with Crippen molar-refractivity contribution in [1.29, 1.82) is 0 Å². The maximum atomic E-state index is 14.1. The Morgan fingerprint density at radius 2 is 2.00 bits per heavy atom. The lowest BCUT2D eigenvalue weighted by Gasteiger charge is -2.05. The van der Waals surface area contributed by atoms with Crippen LogP contribution in [-0.2, 0) is 7.05 Å². The summed E-state index contributed by atoms with van der Waals surface area (Å²) in [6.45, 7) is 0. The third-order valence-corrected chi connectivity index (χ3v) is 3.78. The number of furan rings is 1. The molecular formula is C14H10BrF2N3O. The van der Waals surface area contributed by atoms with E-state index in [2.05, 4.69) is 21.0 Å². The van der Waals surface area contributed by atoms with Crippen LogP contribution in [0.1, 0.15) is 0 Å². The van der Waals surface area contributed by atoms with E-state index in [1.807, 2.05) is 0 Å². The molecule has 0 spiro atoms. The van der Waals surface area contributed by atoms with Gasteiger partial charge in [-0.15, -0.1) is 0 Å². The number of nitrogens with zero attached hydrogens (tertiary/aromatic N) is 2. The minimum atomic E-state index is -0.699. The van der Waals surface area contributed by atoms with Crippen LogP contribution in [0.15, 0.2) is 39.6 Å². The summed E-state index contributed by atoms with van der Waals surface area (Å²) in [6, 6.07) is 5.03. The second-order valence-corrected chi connectivity index (χ2v) is 5.18. The van der Waals surface area contributed by atoms with Crippen molar-refractivity contribution in [3.63, 3.8) is 0 Å². The van der Waals surface area contributed by atoms with Gasteiger partial charge in [0.15, 0.2) is 4.67 Å². The lowest BCUT2D eigenvalue weighted by Crippen LogP contribution is -1.98. The molecule has 0 aliphatic rings. The highest BCUT2D eigenvalue weighted by Gasteiger charge is 2.22. The largest absolute Gasteiger partial charge is 0.457 e. The number of nitrogen functional groups attached to an aromatic ring is 1. The van der Waals surface area contributed by atoms with E-state index in [9.17, 15) is 8.78 Å². The molecule has 0 fully saturated rings. The van der Waals surface area contributed by atoms with Gasteiger partial charge < -0.3 is 10.2 Å². The molecule has 0 bridgehead atoms. The van der Waals surface area contributed by atoms with Crippen LogP contribution in [0, 0.1) is 11.6 Å². The molecule has 21 heavy (non-hydrogen) atoms. The first-order valence-corrected chi connectivity index (χ1v) is 6.79. The molecule has 3 aromatic rings. The summed E-state index contributed by atoms with van der Waals surface area (Å²) in [5, 5.41) is 4.29. The second-order valence-electron chi connectivity index (χ2n) is 4.46. The van der Waals surface area contributed by atoms with Gasteiger partial charge in [-0.25, -0.2) is 8.78 Å². The zero-order valence-electron chi connectivity index (χ0n) is 10.9. The van der Waals surface area contributed by atoms with Crippen molar-refractivity contribution in [3.05, 3.63) is 46.8 Å². The van der Waals surface area contributed by atoms with Crippen LogP contribution < -0.4 is 5.73 Å². The fraction of sp³-hybridized carbons (Fsp3) is 0.0714.